The van der Waals surface area contributed by atoms with E-state index >= 15 is 0 Å². The van der Waals surface area contributed by atoms with Gasteiger partial charge in [0.25, 0.3) is 0 Å². The molecule has 0 heterocycles. The molecule has 122 valence electrons. The van der Waals surface area contributed by atoms with Gasteiger partial charge in [-0.15, -0.1) is 0 Å². The van der Waals surface area contributed by atoms with Crippen LogP contribution in [-0.2, 0) is 0 Å². The normalized spacial score (nSPS) is 9.75. The van der Waals surface area contributed by atoms with Crippen LogP contribution in [0.3, 0.4) is 0 Å². The Hall–Kier alpha value is -2.34. The minimum absolute atomic E-state index is 0.0561. The van der Waals surface area contributed by atoms with Crippen molar-refractivity contribution in [3.05, 3.63) is 81.9 Å². The molecule has 0 radical (unpaired) electrons. The van der Waals surface area contributed by atoms with Crippen molar-refractivity contribution in [1.82, 2.24) is 0 Å². The van der Waals surface area contributed by atoms with Gasteiger partial charge in [0.15, 0.2) is 5.78 Å². The Bertz CT molecular complexity index is 788. The fourth-order valence-corrected chi connectivity index (χ4v) is 2.37. The smallest absolute Gasteiger partial charge is 0.159 e. The van der Waals surface area contributed by atoms with Gasteiger partial charge in [0, 0.05) is 9.13 Å². The molecule has 0 fully saturated rings. The van der Waals surface area contributed by atoms with E-state index < -0.39 is 0 Å². The van der Waals surface area contributed by atoms with Gasteiger partial charge < -0.3 is 10.2 Å². The Morgan fingerprint density at radius 3 is 1.83 bits per heavy atom. The Kier molecular flexibility index (Phi) is 6.37. The van der Waals surface area contributed by atoms with Crippen LogP contribution >= 0.6 is 22.6 Å². The van der Waals surface area contributed by atoms with Gasteiger partial charge in [-0.1, -0.05) is 30.3 Å². The fourth-order valence-electron chi connectivity index (χ4n) is 2.01. The van der Waals surface area contributed by atoms with Gasteiger partial charge >= 0.3 is 0 Å². The molecule has 0 atom stereocenters. The van der Waals surface area contributed by atoms with Crippen LogP contribution in [0, 0.1) is 3.57 Å². The van der Waals surface area contributed by atoms with Crippen molar-refractivity contribution >= 4 is 28.4 Å². The summed E-state index contributed by atoms with van der Waals surface area (Å²) in [6, 6.07) is 21.4. The number of Topliss-reactive ketones (excluding diaryl/α,β-unsaturated/α-hetero) is 1. The molecule has 0 aliphatic rings. The third kappa shape index (κ3) is 5.38. The number of benzene rings is 3. The molecule has 3 rings (SSSR count). The van der Waals surface area contributed by atoms with E-state index in [1.165, 1.54) is 0 Å². The Morgan fingerprint density at radius 2 is 1.33 bits per heavy atom. The van der Waals surface area contributed by atoms with Gasteiger partial charge in [-0.25, -0.2) is 0 Å². The van der Waals surface area contributed by atoms with Crippen LogP contribution in [0.2, 0.25) is 0 Å². The number of hydrogen-bond donors (Lipinski definition) is 2. The summed E-state index contributed by atoms with van der Waals surface area (Å²) in [6.45, 7) is 1.55. The van der Waals surface area contributed by atoms with Crippen molar-refractivity contribution in [2.24, 2.45) is 0 Å². The van der Waals surface area contributed by atoms with Gasteiger partial charge in [0.1, 0.15) is 11.5 Å². The van der Waals surface area contributed by atoms with E-state index in [0.717, 1.165) is 14.7 Å². The molecule has 3 aromatic rings. The first-order valence-electron chi connectivity index (χ1n) is 7.30. The number of hydrogen-bond acceptors (Lipinski definition) is 3. The molecule has 0 aliphatic carbocycles. The first-order valence-corrected chi connectivity index (χ1v) is 8.38. The lowest BCUT2D eigenvalue weighted by Crippen LogP contribution is -1.91. The molecular formula is C20H17IO3. The molecule has 3 aromatic carbocycles. The number of phenolic OH excluding ortho intramolecular Hbond substituents is 2. The zero-order valence-electron chi connectivity index (χ0n) is 13.1. The van der Waals surface area contributed by atoms with Crippen LogP contribution in [0.15, 0.2) is 72.8 Å². The van der Waals surface area contributed by atoms with Crippen molar-refractivity contribution in [3.63, 3.8) is 0 Å². The molecule has 4 heteroatoms. The summed E-state index contributed by atoms with van der Waals surface area (Å²) in [6.07, 6.45) is 0. The lowest BCUT2D eigenvalue weighted by molar-refractivity contribution is 0.101. The van der Waals surface area contributed by atoms with E-state index in [-0.39, 0.29) is 11.5 Å². The quantitative estimate of drug-likeness (QED) is 0.429. The van der Waals surface area contributed by atoms with E-state index in [2.05, 4.69) is 22.6 Å². The minimum atomic E-state index is 0.0561. The van der Waals surface area contributed by atoms with Gasteiger partial charge in [-0.05, 0) is 83.1 Å². The van der Waals surface area contributed by atoms with Crippen molar-refractivity contribution in [3.8, 4) is 22.6 Å². The first kappa shape index (κ1) is 18.0. The van der Waals surface area contributed by atoms with E-state index in [0.29, 0.717) is 11.3 Å². The van der Waals surface area contributed by atoms with Gasteiger partial charge in [0.2, 0.25) is 0 Å². The molecule has 3 nitrogen and oxygen atoms in total. The third-order valence-electron chi connectivity index (χ3n) is 3.30. The van der Waals surface area contributed by atoms with Crippen molar-refractivity contribution < 1.29 is 15.0 Å². The minimum Gasteiger partial charge on any atom is -0.508 e. The summed E-state index contributed by atoms with van der Waals surface area (Å²) in [5, 5.41) is 17.9. The van der Waals surface area contributed by atoms with Crippen LogP contribution < -0.4 is 0 Å². The number of rotatable bonds is 2. The first-order chi connectivity index (χ1) is 11.5. The molecular weight excluding hydrogens is 415 g/mol. The number of aromatic hydroxyl groups is 2. The molecule has 0 bridgehead atoms. The van der Waals surface area contributed by atoms with E-state index in [9.17, 15) is 9.90 Å². The van der Waals surface area contributed by atoms with Crippen molar-refractivity contribution in [2.45, 2.75) is 6.92 Å². The van der Waals surface area contributed by atoms with Crippen molar-refractivity contribution in [2.75, 3.05) is 0 Å². The maximum absolute atomic E-state index is 11.2. The highest BCUT2D eigenvalue weighted by molar-refractivity contribution is 14.1. The van der Waals surface area contributed by atoms with Gasteiger partial charge in [-0.3, -0.25) is 4.79 Å². The number of carbonyl (C=O) groups is 1. The van der Waals surface area contributed by atoms with Crippen LogP contribution in [0.4, 0.5) is 0 Å². The Morgan fingerprint density at radius 1 is 0.792 bits per heavy atom. The van der Waals surface area contributed by atoms with E-state index in [4.69, 9.17) is 5.11 Å². The largest absolute Gasteiger partial charge is 0.508 e. The summed E-state index contributed by atoms with van der Waals surface area (Å²) in [4.78, 5) is 11.2. The fraction of sp³-hybridized carbons (Fsp3) is 0.0500. The second kappa shape index (κ2) is 8.49. The predicted octanol–water partition coefficient (Wildman–Crippen LogP) is 5.26. The highest BCUT2D eigenvalue weighted by atomic mass is 127. The summed E-state index contributed by atoms with van der Waals surface area (Å²) < 4.78 is 1.14. The average molecular weight is 432 g/mol. The van der Waals surface area contributed by atoms with Crippen LogP contribution in [0.5, 0.6) is 11.5 Å². The van der Waals surface area contributed by atoms with Gasteiger partial charge in [0.05, 0.1) is 0 Å². The number of ketones is 1. The monoisotopic (exact) mass is 432 g/mol. The van der Waals surface area contributed by atoms with Gasteiger partial charge in [-0.2, -0.15) is 0 Å². The lowest BCUT2D eigenvalue weighted by Gasteiger charge is -2.03. The number of phenols is 2. The molecule has 0 spiro atoms. The molecule has 0 aliphatic heterocycles. The molecule has 0 aromatic heterocycles. The predicted molar refractivity (Wildman–Crippen MR) is 104 cm³/mol. The Labute approximate surface area is 154 Å². The highest BCUT2D eigenvalue weighted by Gasteiger charge is 2.02. The average Bonchev–Trinajstić information content (AvgIpc) is 2.59. The second-order valence-corrected chi connectivity index (χ2v) is 6.41. The summed E-state index contributed by atoms with van der Waals surface area (Å²) in [5.41, 5.74) is 2.67. The molecule has 0 saturated carbocycles. The molecule has 0 unspecified atom stereocenters. The topological polar surface area (TPSA) is 57.5 Å². The third-order valence-corrected chi connectivity index (χ3v) is 4.02. The van der Waals surface area contributed by atoms with Crippen molar-refractivity contribution in [1.29, 1.82) is 0 Å². The molecule has 24 heavy (non-hydrogen) atoms. The second-order valence-electron chi connectivity index (χ2n) is 5.16. The summed E-state index contributed by atoms with van der Waals surface area (Å²) >= 11 is 2.19. The maximum atomic E-state index is 11.2. The Balaban J connectivity index is 0.000000219. The standard InChI is InChI=1S/C14H12O2.C6H5IO/c1-10(15)12-3-2-4-13(9-12)11-5-7-14(16)8-6-11;7-5-1-3-6(8)4-2-5/h2-9,16H,1H3;1-4,8H. The zero-order chi connectivity index (χ0) is 17.5. The SMILES string of the molecule is CC(=O)c1cccc(-c2ccc(O)cc2)c1.Oc1ccc(I)cc1. The van der Waals surface area contributed by atoms with Crippen LogP contribution in [0.25, 0.3) is 11.1 Å². The number of halogens is 1. The summed E-state index contributed by atoms with van der Waals surface area (Å²) in [7, 11) is 0. The molecule has 0 amide bonds. The van der Waals surface area contributed by atoms with Crippen LogP contribution in [-0.4, -0.2) is 16.0 Å². The highest BCUT2D eigenvalue weighted by Crippen LogP contribution is 2.22. The van der Waals surface area contributed by atoms with E-state index in [1.807, 2.05) is 42.5 Å². The number of carbonyl (C=O) groups excluding carboxylic acids is 1. The maximum Gasteiger partial charge on any atom is 0.159 e. The van der Waals surface area contributed by atoms with Crippen LogP contribution in [0.1, 0.15) is 17.3 Å². The lowest BCUT2D eigenvalue weighted by atomic mass is 10.0. The molecule has 0 saturated heterocycles. The summed E-state index contributed by atoms with van der Waals surface area (Å²) in [5.74, 6) is 0.623. The molecule has 2 N–H and O–H groups in total. The zero-order valence-corrected chi connectivity index (χ0v) is 15.3. The van der Waals surface area contributed by atoms with E-state index in [1.54, 1.807) is 37.3 Å².